The zero-order valence-electron chi connectivity index (χ0n) is 20.9. The Kier molecular flexibility index (Phi) is 23.3. The zero-order chi connectivity index (χ0) is 25.3. The van der Waals surface area contributed by atoms with E-state index in [0.29, 0.717) is 72.0 Å². The summed E-state index contributed by atoms with van der Waals surface area (Å²) in [5, 5.41) is 8.58. The summed E-state index contributed by atoms with van der Waals surface area (Å²) in [5.74, 6) is -0.500. The number of ketones is 1. The van der Waals surface area contributed by atoms with E-state index >= 15 is 0 Å². The first-order valence-electron chi connectivity index (χ1n) is 11.6. The van der Waals surface area contributed by atoms with E-state index in [-0.39, 0.29) is 44.0 Å². The molecule has 0 aliphatic rings. The molecule has 0 atom stereocenters. The van der Waals surface area contributed by atoms with E-state index in [4.69, 9.17) is 28.4 Å². The smallest absolute Gasteiger partial charge is 0.246 e. The fraction of sp³-hybridized carbons (Fsp3) is 0.864. The predicted octanol–water partition coefficient (Wildman–Crippen LogP) is -1.09. The molecule has 2 amide bonds. The normalized spacial score (nSPS) is 11.1. The molecule has 0 heterocycles. The lowest BCUT2D eigenvalue weighted by molar-refractivity contribution is -0.127. The fourth-order valence-corrected chi connectivity index (χ4v) is 2.25. The van der Waals surface area contributed by atoms with Crippen molar-refractivity contribution < 1.29 is 42.8 Å². The van der Waals surface area contributed by atoms with Crippen molar-refractivity contribution in [3.05, 3.63) is 0 Å². The monoisotopic (exact) mass is 493 g/mol. The van der Waals surface area contributed by atoms with Gasteiger partial charge in [0.25, 0.3) is 0 Å². The van der Waals surface area contributed by atoms with Crippen molar-refractivity contribution in [2.45, 2.75) is 26.8 Å². The molecule has 0 rings (SSSR count). The van der Waals surface area contributed by atoms with Crippen molar-refractivity contribution >= 4 is 17.6 Å². The number of ether oxygens (including phenoxy) is 6. The minimum absolute atomic E-state index is 0.0233. The topological polar surface area (TPSA) is 143 Å². The van der Waals surface area contributed by atoms with Crippen molar-refractivity contribution in [1.29, 1.82) is 0 Å². The summed E-state index contributed by atoms with van der Waals surface area (Å²) in [5.41, 5.74) is 0. The Morgan fingerprint density at radius 2 is 0.941 bits per heavy atom. The average Bonchev–Trinajstić information content (AvgIpc) is 2.78. The quantitative estimate of drug-likeness (QED) is 0.134. The fourth-order valence-electron chi connectivity index (χ4n) is 2.25. The van der Waals surface area contributed by atoms with Crippen LogP contribution in [0.2, 0.25) is 0 Å². The van der Waals surface area contributed by atoms with Gasteiger partial charge in [0.1, 0.15) is 19.8 Å². The molecule has 0 aromatic heterocycles. The second-order valence-corrected chi connectivity index (χ2v) is 7.51. The van der Waals surface area contributed by atoms with Crippen LogP contribution in [0.25, 0.3) is 0 Å². The standard InChI is InChI=1S/C22H43N3O9/c1-19(2)23-4-7-29-11-14-33-17-21(27)25-6-9-31-12-15-34-18-22(28)24-5-8-30-10-13-32-16-20(3)26/h19,23H,4-18H2,1-3H3,(H,24,28)(H,25,27). The molecule has 0 fully saturated rings. The number of hydrogen-bond donors (Lipinski definition) is 3. The third kappa shape index (κ3) is 26.6. The molecule has 34 heavy (non-hydrogen) atoms. The van der Waals surface area contributed by atoms with Crippen LogP contribution in [0.3, 0.4) is 0 Å². The lowest BCUT2D eigenvalue weighted by atomic mass is 10.4. The average molecular weight is 494 g/mol. The van der Waals surface area contributed by atoms with E-state index < -0.39 is 0 Å². The Morgan fingerprint density at radius 1 is 0.559 bits per heavy atom. The van der Waals surface area contributed by atoms with Crippen LogP contribution in [0.5, 0.6) is 0 Å². The molecule has 0 bridgehead atoms. The van der Waals surface area contributed by atoms with Gasteiger partial charge in [0.2, 0.25) is 11.8 Å². The highest BCUT2D eigenvalue weighted by molar-refractivity contribution is 5.77. The number of nitrogens with one attached hydrogen (secondary N) is 3. The molecule has 12 nitrogen and oxygen atoms in total. The third-order valence-electron chi connectivity index (χ3n) is 3.82. The lowest BCUT2D eigenvalue weighted by Gasteiger charge is -2.09. The summed E-state index contributed by atoms with van der Waals surface area (Å²) in [7, 11) is 0. The van der Waals surface area contributed by atoms with Gasteiger partial charge < -0.3 is 44.4 Å². The van der Waals surface area contributed by atoms with E-state index in [1.54, 1.807) is 0 Å². The first-order chi connectivity index (χ1) is 16.4. The van der Waals surface area contributed by atoms with E-state index in [1.165, 1.54) is 6.92 Å². The van der Waals surface area contributed by atoms with Crippen LogP contribution in [-0.4, -0.2) is 123 Å². The maximum absolute atomic E-state index is 11.6. The van der Waals surface area contributed by atoms with E-state index in [0.717, 1.165) is 6.54 Å². The molecule has 0 spiro atoms. The van der Waals surface area contributed by atoms with Crippen LogP contribution < -0.4 is 16.0 Å². The molecule has 200 valence electrons. The summed E-state index contributed by atoms with van der Waals surface area (Å²) in [6, 6.07) is 0.432. The van der Waals surface area contributed by atoms with Gasteiger partial charge in [-0.1, -0.05) is 13.8 Å². The SMILES string of the molecule is CC(=O)COCCOCCNC(=O)COCCOCCNC(=O)COCCOCCNC(C)C. The molecule has 0 saturated carbocycles. The second-order valence-electron chi connectivity index (χ2n) is 7.51. The number of carbonyl (C=O) groups excluding carboxylic acids is 3. The van der Waals surface area contributed by atoms with Crippen molar-refractivity contribution in [3.8, 4) is 0 Å². The van der Waals surface area contributed by atoms with Crippen LogP contribution in [0, 0.1) is 0 Å². The molecule has 3 N–H and O–H groups in total. The molecule has 0 radical (unpaired) electrons. The Balaban J connectivity index is 3.29. The van der Waals surface area contributed by atoms with Crippen molar-refractivity contribution in [1.82, 2.24) is 16.0 Å². The molecule has 0 saturated heterocycles. The van der Waals surface area contributed by atoms with Crippen LogP contribution in [-0.2, 0) is 42.8 Å². The van der Waals surface area contributed by atoms with E-state index in [9.17, 15) is 14.4 Å². The van der Waals surface area contributed by atoms with Crippen LogP contribution in [0.1, 0.15) is 20.8 Å². The van der Waals surface area contributed by atoms with Gasteiger partial charge in [-0.2, -0.15) is 0 Å². The van der Waals surface area contributed by atoms with Gasteiger partial charge in [-0.05, 0) is 6.92 Å². The second kappa shape index (κ2) is 24.5. The predicted molar refractivity (Wildman–Crippen MR) is 125 cm³/mol. The van der Waals surface area contributed by atoms with Crippen molar-refractivity contribution in [3.63, 3.8) is 0 Å². The van der Waals surface area contributed by atoms with Gasteiger partial charge in [-0.25, -0.2) is 0 Å². The number of rotatable bonds is 25. The number of amides is 2. The maximum atomic E-state index is 11.6. The Hall–Kier alpha value is -1.67. The summed E-state index contributed by atoms with van der Waals surface area (Å²) in [6.45, 7) is 10.5. The molecule has 0 aliphatic carbocycles. The number of hydrogen-bond acceptors (Lipinski definition) is 10. The highest BCUT2D eigenvalue weighted by Crippen LogP contribution is 1.83. The van der Waals surface area contributed by atoms with E-state index in [1.807, 2.05) is 0 Å². The van der Waals surface area contributed by atoms with Gasteiger partial charge in [0.15, 0.2) is 5.78 Å². The first-order valence-corrected chi connectivity index (χ1v) is 11.6. The van der Waals surface area contributed by atoms with E-state index in [2.05, 4.69) is 29.8 Å². The third-order valence-corrected chi connectivity index (χ3v) is 3.82. The molecule has 0 aromatic carbocycles. The summed E-state index contributed by atoms with van der Waals surface area (Å²) in [4.78, 5) is 33.9. The van der Waals surface area contributed by atoms with Gasteiger partial charge in [-0.3, -0.25) is 14.4 Å². The maximum Gasteiger partial charge on any atom is 0.246 e. The molecular formula is C22H43N3O9. The Morgan fingerprint density at radius 3 is 1.35 bits per heavy atom. The van der Waals surface area contributed by atoms with Crippen LogP contribution in [0.15, 0.2) is 0 Å². The highest BCUT2D eigenvalue weighted by Gasteiger charge is 2.02. The van der Waals surface area contributed by atoms with Crippen LogP contribution >= 0.6 is 0 Å². The molecule has 0 unspecified atom stereocenters. The largest absolute Gasteiger partial charge is 0.378 e. The minimum Gasteiger partial charge on any atom is -0.378 e. The first kappa shape index (κ1) is 32.3. The molecule has 0 aliphatic heterocycles. The Bertz CT molecular complexity index is 522. The van der Waals surface area contributed by atoms with Crippen LogP contribution in [0.4, 0.5) is 0 Å². The van der Waals surface area contributed by atoms with Gasteiger partial charge in [0.05, 0.1) is 59.5 Å². The summed E-state index contributed by atoms with van der Waals surface area (Å²) < 4.78 is 31.5. The van der Waals surface area contributed by atoms with Crippen molar-refractivity contribution in [2.24, 2.45) is 0 Å². The van der Waals surface area contributed by atoms with Crippen molar-refractivity contribution in [2.75, 3.05) is 98.9 Å². The van der Waals surface area contributed by atoms with Gasteiger partial charge in [-0.15, -0.1) is 0 Å². The van der Waals surface area contributed by atoms with Gasteiger partial charge >= 0.3 is 0 Å². The Labute approximate surface area is 202 Å². The number of carbonyl (C=O) groups is 3. The number of Topliss-reactive ketones (excluding diaryl/α,β-unsaturated/α-hetero) is 1. The zero-order valence-corrected chi connectivity index (χ0v) is 20.9. The lowest BCUT2D eigenvalue weighted by Crippen LogP contribution is -2.32. The molecule has 0 aromatic rings. The summed E-state index contributed by atoms with van der Waals surface area (Å²) >= 11 is 0. The molecule has 12 heteroatoms. The summed E-state index contributed by atoms with van der Waals surface area (Å²) in [6.07, 6.45) is 0. The molecular weight excluding hydrogens is 450 g/mol. The minimum atomic E-state index is -0.249. The van der Waals surface area contributed by atoms with Gasteiger partial charge in [0, 0.05) is 25.7 Å². The highest BCUT2D eigenvalue weighted by atomic mass is 16.5.